The van der Waals surface area contributed by atoms with Gasteiger partial charge >= 0.3 is 0 Å². The van der Waals surface area contributed by atoms with Crippen LogP contribution in [-0.4, -0.2) is 36.9 Å². The Labute approximate surface area is 80.3 Å². The molecule has 0 radical (unpaired) electrons. The van der Waals surface area contributed by atoms with Crippen molar-refractivity contribution < 1.29 is 4.79 Å². The third-order valence-corrected chi connectivity index (χ3v) is 2.85. The molecule has 13 heavy (non-hydrogen) atoms. The average Bonchev–Trinajstić information content (AvgIpc) is 2.19. The van der Waals surface area contributed by atoms with E-state index >= 15 is 0 Å². The number of nitrogens with zero attached hydrogens (tertiary/aromatic N) is 1. The van der Waals surface area contributed by atoms with Gasteiger partial charge in [0.05, 0.1) is 13.1 Å². The minimum absolute atomic E-state index is 0.146. The molecule has 1 rings (SSSR count). The second-order valence-corrected chi connectivity index (χ2v) is 3.95. The fourth-order valence-electron chi connectivity index (χ4n) is 1.99. The Morgan fingerprint density at radius 2 is 2.00 bits per heavy atom. The molecule has 1 aliphatic rings. The fraction of sp³-hybridized carbons (Fsp3) is 0.900. The van der Waals surface area contributed by atoms with Crippen LogP contribution in [0.15, 0.2) is 0 Å². The predicted molar refractivity (Wildman–Crippen MR) is 53.6 cm³/mol. The molecule has 0 atom stereocenters. The normalized spacial score (nSPS) is 19.3. The summed E-state index contributed by atoms with van der Waals surface area (Å²) >= 11 is 0. The molecule has 0 aromatic carbocycles. The Morgan fingerprint density at radius 1 is 1.38 bits per heavy atom. The molecule has 1 aliphatic carbocycles. The Kier molecular flexibility index (Phi) is 4.39. The van der Waals surface area contributed by atoms with Crippen LogP contribution in [0.3, 0.4) is 0 Å². The molecule has 0 saturated heterocycles. The monoisotopic (exact) mass is 184 g/mol. The fourth-order valence-corrected chi connectivity index (χ4v) is 1.99. The summed E-state index contributed by atoms with van der Waals surface area (Å²) in [6.07, 6.45) is 6.47. The first kappa shape index (κ1) is 10.7. The first-order chi connectivity index (χ1) is 6.24. The number of likely N-dealkylation sites (N-methyl/N-ethyl adjacent to an activating group) is 1. The standard InChI is InChI=1S/C10H20N2O/c1-12(8-10(13)7-11)9-5-3-2-4-6-9/h9H,2-8,11H2,1H3. The summed E-state index contributed by atoms with van der Waals surface area (Å²) in [5, 5.41) is 0. The van der Waals surface area contributed by atoms with Crippen LogP contribution in [0.25, 0.3) is 0 Å². The zero-order valence-electron chi connectivity index (χ0n) is 8.46. The third kappa shape index (κ3) is 3.44. The molecule has 0 heterocycles. The van der Waals surface area contributed by atoms with Crippen LogP contribution < -0.4 is 5.73 Å². The summed E-state index contributed by atoms with van der Waals surface area (Å²) in [6.45, 7) is 0.707. The van der Waals surface area contributed by atoms with Gasteiger partial charge in [-0.2, -0.15) is 0 Å². The molecular formula is C10H20N2O. The molecule has 3 nitrogen and oxygen atoms in total. The maximum Gasteiger partial charge on any atom is 0.160 e. The number of Topliss-reactive ketones (excluding diaryl/α,β-unsaturated/α-hetero) is 1. The van der Waals surface area contributed by atoms with Gasteiger partial charge in [0.2, 0.25) is 0 Å². The number of carbonyl (C=O) groups is 1. The predicted octanol–water partition coefficient (Wildman–Crippen LogP) is 0.779. The lowest BCUT2D eigenvalue weighted by Crippen LogP contribution is -2.38. The van der Waals surface area contributed by atoms with Crippen molar-refractivity contribution in [2.75, 3.05) is 20.1 Å². The van der Waals surface area contributed by atoms with Gasteiger partial charge in [-0.15, -0.1) is 0 Å². The van der Waals surface area contributed by atoms with E-state index in [4.69, 9.17) is 5.73 Å². The minimum atomic E-state index is 0.146. The van der Waals surface area contributed by atoms with Crippen LogP contribution in [-0.2, 0) is 4.79 Å². The average molecular weight is 184 g/mol. The van der Waals surface area contributed by atoms with Gasteiger partial charge in [0.25, 0.3) is 0 Å². The second kappa shape index (κ2) is 5.35. The van der Waals surface area contributed by atoms with Gasteiger partial charge < -0.3 is 5.73 Å². The number of hydrogen-bond donors (Lipinski definition) is 1. The van der Waals surface area contributed by atoms with Crippen molar-refractivity contribution in [2.45, 2.75) is 38.1 Å². The molecule has 1 saturated carbocycles. The van der Waals surface area contributed by atoms with Gasteiger partial charge in [0.15, 0.2) is 5.78 Å². The lowest BCUT2D eigenvalue weighted by molar-refractivity contribution is -0.119. The van der Waals surface area contributed by atoms with Gasteiger partial charge in [-0.3, -0.25) is 9.69 Å². The van der Waals surface area contributed by atoms with E-state index in [9.17, 15) is 4.79 Å². The zero-order valence-corrected chi connectivity index (χ0v) is 8.46. The van der Waals surface area contributed by atoms with Crippen LogP contribution in [0.2, 0.25) is 0 Å². The zero-order chi connectivity index (χ0) is 9.68. The van der Waals surface area contributed by atoms with Crippen molar-refractivity contribution in [1.82, 2.24) is 4.90 Å². The largest absolute Gasteiger partial charge is 0.324 e. The molecule has 1 fully saturated rings. The first-order valence-corrected chi connectivity index (χ1v) is 5.16. The Bertz CT molecular complexity index is 164. The van der Waals surface area contributed by atoms with E-state index in [1.165, 1.54) is 32.1 Å². The first-order valence-electron chi connectivity index (χ1n) is 5.16. The van der Waals surface area contributed by atoms with Crippen molar-refractivity contribution in [2.24, 2.45) is 5.73 Å². The van der Waals surface area contributed by atoms with Crippen molar-refractivity contribution in [3.63, 3.8) is 0 Å². The highest BCUT2D eigenvalue weighted by molar-refractivity contribution is 5.82. The second-order valence-electron chi connectivity index (χ2n) is 3.95. The number of carbonyl (C=O) groups excluding carboxylic acids is 1. The van der Waals surface area contributed by atoms with Crippen LogP contribution in [0.4, 0.5) is 0 Å². The molecule has 0 amide bonds. The van der Waals surface area contributed by atoms with Gasteiger partial charge in [-0.05, 0) is 19.9 Å². The molecule has 0 aromatic heterocycles. The minimum Gasteiger partial charge on any atom is -0.324 e. The summed E-state index contributed by atoms with van der Waals surface area (Å²) in [5.41, 5.74) is 5.27. The van der Waals surface area contributed by atoms with Gasteiger partial charge in [0.1, 0.15) is 0 Å². The third-order valence-electron chi connectivity index (χ3n) is 2.85. The van der Waals surface area contributed by atoms with Crippen LogP contribution in [0.5, 0.6) is 0 Å². The molecule has 76 valence electrons. The maximum atomic E-state index is 11.1. The Balaban J connectivity index is 2.28. The molecule has 0 bridgehead atoms. The van der Waals surface area contributed by atoms with Crippen LogP contribution in [0, 0.1) is 0 Å². The Hall–Kier alpha value is -0.410. The quantitative estimate of drug-likeness (QED) is 0.702. The van der Waals surface area contributed by atoms with E-state index in [1.807, 2.05) is 7.05 Å². The summed E-state index contributed by atoms with van der Waals surface area (Å²) in [6, 6.07) is 0.615. The summed E-state index contributed by atoms with van der Waals surface area (Å²) in [4.78, 5) is 13.3. The highest BCUT2D eigenvalue weighted by Crippen LogP contribution is 2.21. The topological polar surface area (TPSA) is 46.3 Å². The van der Waals surface area contributed by atoms with Gasteiger partial charge in [0, 0.05) is 6.04 Å². The smallest absolute Gasteiger partial charge is 0.160 e. The molecule has 0 aromatic rings. The summed E-state index contributed by atoms with van der Waals surface area (Å²) < 4.78 is 0. The van der Waals surface area contributed by atoms with Crippen molar-refractivity contribution in [3.05, 3.63) is 0 Å². The molecule has 2 N–H and O–H groups in total. The van der Waals surface area contributed by atoms with Crippen molar-refractivity contribution in [3.8, 4) is 0 Å². The van der Waals surface area contributed by atoms with E-state index in [1.54, 1.807) is 0 Å². The highest BCUT2D eigenvalue weighted by atomic mass is 16.1. The van der Waals surface area contributed by atoms with Gasteiger partial charge in [-0.1, -0.05) is 19.3 Å². The molecule has 0 aliphatic heterocycles. The lowest BCUT2D eigenvalue weighted by Gasteiger charge is -2.30. The summed E-state index contributed by atoms with van der Waals surface area (Å²) in [5.74, 6) is 0.146. The molecule has 3 heteroatoms. The summed E-state index contributed by atoms with van der Waals surface area (Å²) in [7, 11) is 2.03. The lowest BCUT2D eigenvalue weighted by atomic mass is 9.94. The number of ketones is 1. The SMILES string of the molecule is CN(CC(=O)CN)C1CCCCC1. The van der Waals surface area contributed by atoms with Crippen molar-refractivity contribution in [1.29, 1.82) is 0 Å². The molecule has 0 unspecified atom stereocenters. The Morgan fingerprint density at radius 3 is 2.54 bits per heavy atom. The van der Waals surface area contributed by atoms with E-state index in [-0.39, 0.29) is 12.3 Å². The van der Waals surface area contributed by atoms with E-state index in [0.717, 1.165) is 0 Å². The van der Waals surface area contributed by atoms with Crippen molar-refractivity contribution >= 4 is 5.78 Å². The highest BCUT2D eigenvalue weighted by Gasteiger charge is 2.18. The maximum absolute atomic E-state index is 11.1. The van der Waals surface area contributed by atoms with E-state index in [2.05, 4.69) is 4.90 Å². The number of nitrogens with two attached hydrogens (primary N) is 1. The molecular weight excluding hydrogens is 164 g/mol. The van der Waals surface area contributed by atoms with Crippen LogP contribution in [0.1, 0.15) is 32.1 Å². The van der Waals surface area contributed by atoms with Gasteiger partial charge in [-0.25, -0.2) is 0 Å². The molecule has 0 spiro atoms. The van der Waals surface area contributed by atoms with E-state index < -0.39 is 0 Å². The van der Waals surface area contributed by atoms with Crippen LogP contribution >= 0.6 is 0 Å². The van der Waals surface area contributed by atoms with E-state index in [0.29, 0.717) is 12.6 Å². The number of hydrogen-bond acceptors (Lipinski definition) is 3. The number of rotatable bonds is 4.